The van der Waals surface area contributed by atoms with Gasteiger partial charge in [0.2, 0.25) is 10.0 Å². The first-order chi connectivity index (χ1) is 16.1. The quantitative estimate of drug-likeness (QED) is 0.447. The van der Waals surface area contributed by atoms with Crippen LogP contribution >= 0.6 is 0 Å². The van der Waals surface area contributed by atoms with Crippen molar-refractivity contribution in [2.24, 2.45) is 0 Å². The Labute approximate surface area is 198 Å². The molecule has 0 unspecified atom stereocenters. The van der Waals surface area contributed by atoms with Gasteiger partial charge in [-0.25, -0.2) is 12.8 Å². The van der Waals surface area contributed by atoms with E-state index in [1.165, 1.54) is 31.2 Å². The largest absolute Gasteiger partial charge is 0.494 e. The molecule has 3 rings (SSSR count). The highest BCUT2D eigenvalue weighted by Crippen LogP contribution is 2.27. The number of amides is 1. The summed E-state index contributed by atoms with van der Waals surface area (Å²) in [6.45, 7) is 3.45. The van der Waals surface area contributed by atoms with Gasteiger partial charge < -0.3 is 10.1 Å². The molecule has 3 aromatic rings. The number of carbonyl (C=O) groups excluding carboxylic acids is 2. The highest BCUT2D eigenvalue weighted by Gasteiger charge is 2.21. The number of benzene rings is 3. The minimum Gasteiger partial charge on any atom is -0.494 e. The van der Waals surface area contributed by atoms with E-state index in [4.69, 9.17) is 4.74 Å². The van der Waals surface area contributed by atoms with Crippen molar-refractivity contribution < 1.29 is 27.1 Å². The van der Waals surface area contributed by atoms with Gasteiger partial charge in [0.15, 0.2) is 5.78 Å². The summed E-state index contributed by atoms with van der Waals surface area (Å²) in [6, 6.07) is 16.4. The number of nitrogens with zero attached hydrogens (tertiary/aromatic N) is 1. The zero-order valence-electron chi connectivity index (χ0n) is 19.0. The Kier molecular flexibility index (Phi) is 7.68. The number of ether oxygens (including phenoxy) is 1. The van der Waals surface area contributed by atoms with E-state index in [0.717, 1.165) is 10.6 Å². The SMILES string of the molecule is CCOc1ccc(C(=O)Nc2cccc(C(C)=O)c2)cc1CN(c1ccc(F)cc1)S(C)(=O)=O. The predicted octanol–water partition coefficient (Wildman–Crippen LogP) is 4.65. The molecule has 1 amide bonds. The van der Waals surface area contributed by atoms with Gasteiger partial charge in [-0.15, -0.1) is 0 Å². The van der Waals surface area contributed by atoms with Gasteiger partial charge in [-0.1, -0.05) is 12.1 Å². The lowest BCUT2D eigenvalue weighted by molar-refractivity contribution is 0.101. The van der Waals surface area contributed by atoms with Crippen molar-refractivity contribution >= 4 is 33.1 Å². The lowest BCUT2D eigenvalue weighted by Gasteiger charge is -2.24. The van der Waals surface area contributed by atoms with Gasteiger partial charge >= 0.3 is 0 Å². The Balaban J connectivity index is 1.95. The molecule has 7 nitrogen and oxygen atoms in total. The monoisotopic (exact) mass is 484 g/mol. The second kappa shape index (κ2) is 10.5. The summed E-state index contributed by atoms with van der Waals surface area (Å²) in [5, 5.41) is 2.75. The number of hydrogen-bond donors (Lipinski definition) is 1. The molecule has 3 aromatic carbocycles. The predicted molar refractivity (Wildman–Crippen MR) is 129 cm³/mol. The van der Waals surface area contributed by atoms with E-state index in [1.807, 2.05) is 0 Å². The van der Waals surface area contributed by atoms with Gasteiger partial charge in [0.05, 0.1) is 25.1 Å². The van der Waals surface area contributed by atoms with Crippen LogP contribution in [0.3, 0.4) is 0 Å². The highest BCUT2D eigenvalue weighted by molar-refractivity contribution is 7.92. The van der Waals surface area contributed by atoms with E-state index in [2.05, 4.69) is 5.32 Å². The molecule has 0 radical (unpaired) electrons. The summed E-state index contributed by atoms with van der Waals surface area (Å²) >= 11 is 0. The number of anilines is 2. The van der Waals surface area contributed by atoms with Crippen molar-refractivity contribution in [2.75, 3.05) is 22.5 Å². The summed E-state index contributed by atoms with van der Waals surface area (Å²) in [5.74, 6) is -0.619. The molecule has 178 valence electrons. The first kappa shape index (κ1) is 24.9. The number of nitrogens with one attached hydrogen (secondary N) is 1. The Morgan fingerprint density at radius 3 is 2.32 bits per heavy atom. The minimum atomic E-state index is -3.73. The van der Waals surface area contributed by atoms with E-state index in [0.29, 0.717) is 29.2 Å². The van der Waals surface area contributed by atoms with Crippen molar-refractivity contribution in [3.63, 3.8) is 0 Å². The summed E-state index contributed by atoms with van der Waals surface area (Å²) < 4.78 is 45.2. The van der Waals surface area contributed by atoms with Crippen LogP contribution in [0.1, 0.15) is 40.1 Å². The van der Waals surface area contributed by atoms with Crippen molar-refractivity contribution in [1.29, 1.82) is 0 Å². The third-order valence-corrected chi connectivity index (χ3v) is 6.12. The number of sulfonamides is 1. The van der Waals surface area contributed by atoms with Gasteiger partial charge in [0.1, 0.15) is 11.6 Å². The molecule has 0 aliphatic carbocycles. The van der Waals surface area contributed by atoms with E-state index in [9.17, 15) is 22.4 Å². The maximum atomic E-state index is 13.4. The van der Waals surface area contributed by atoms with Crippen LogP contribution in [0.15, 0.2) is 66.7 Å². The van der Waals surface area contributed by atoms with Crippen LogP contribution in [0, 0.1) is 5.82 Å². The molecule has 0 bridgehead atoms. The van der Waals surface area contributed by atoms with Gasteiger partial charge in [-0.2, -0.15) is 0 Å². The summed E-state index contributed by atoms with van der Waals surface area (Å²) in [7, 11) is -3.73. The fourth-order valence-corrected chi connectivity index (χ4v) is 4.20. The Morgan fingerprint density at radius 2 is 1.71 bits per heavy atom. The van der Waals surface area contributed by atoms with Crippen LogP contribution in [0.25, 0.3) is 0 Å². The number of hydrogen-bond acceptors (Lipinski definition) is 5. The Hall–Kier alpha value is -3.72. The second-order valence-electron chi connectivity index (χ2n) is 7.59. The third-order valence-electron chi connectivity index (χ3n) is 4.98. The fourth-order valence-electron chi connectivity index (χ4n) is 3.32. The average molecular weight is 485 g/mol. The topological polar surface area (TPSA) is 92.8 Å². The number of carbonyl (C=O) groups is 2. The van der Waals surface area contributed by atoms with Gasteiger partial charge in [-0.3, -0.25) is 13.9 Å². The molecule has 0 fully saturated rings. The summed E-state index contributed by atoms with van der Waals surface area (Å²) in [4.78, 5) is 24.5. The van der Waals surface area contributed by atoms with Crippen LogP contribution < -0.4 is 14.4 Å². The van der Waals surface area contributed by atoms with E-state index < -0.39 is 21.7 Å². The Morgan fingerprint density at radius 1 is 1.00 bits per heavy atom. The van der Waals surface area contributed by atoms with Crippen molar-refractivity contribution in [2.45, 2.75) is 20.4 Å². The third kappa shape index (κ3) is 6.20. The first-order valence-corrected chi connectivity index (χ1v) is 12.3. The summed E-state index contributed by atoms with van der Waals surface area (Å²) in [6.07, 6.45) is 1.05. The maximum absolute atomic E-state index is 13.4. The fraction of sp³-hybridized carbons (Fsp3) is 0.200. The lowest BCUT2D eigenvalue weighted by Crippen LogP contribution is -2.29. The molecule has 34 heavy (non-hydrogen) atoms. The number of rotatable bonds is 9. The number of Topliss-reactive ketones (excluding diaryl/α,β-unsaturated/α-hetero) is 1. The van der Waals surface area contributed by atoms with Gasteiger partial charge in [-0.05, 0) is 68.4 Å². The molecule has 0 heterocycles. The molecule has 0 atom stereocenters. The Bertz CT molecular complexity index is 1310. The normalized spacial score (nSPS) is 11.1. The molecule has 0 spiro atoms. The molecule has 9 heteroatoms. The molecule has 0 saturated carbocycles. The van der Waals surface area contributed by atoms with Crippen molar-refractivity contribution in [1.82, 2.24) is 0 Å². The molecular weight excluding hydrogens is 459 g/mol. The average Bonchev–Trinajstić information content (AvgIpc) is 2.78. The number of ketones is 1. The molecule has 0 aliphatic heterocycles. The smallest absolute Gasteiger partial charge is 0.255 e. The van der Waals surface area contributed by atoms with Crippen LogP contribution in [-0.2, 0) is 16.6 Å². The lowest BCUT2D eigenvalue weighted by atomic mass is 10.1. The standard InChI is InChI=1S/C25H25FN2O5S/c1-4-33-24-13-8-19(25(30)27-22-7-5-6-18(15-22)17(2)29)14-20(24)16-28(34(3,31)32)23-11-9-21(26)10-12-23/h5-15H,4,16H2,1-3H3,(H,27,30). The molecule has 0 aromatic heterocycles. The number of halogens is 1. The van der Waals surface area contributed by atoms with Gasteiger partial charge in [0.25, 0.3) is 5.91 Å². The van der Waals surface area contributed by atoms with Crippen LogP contribution in [0.2, 0.25) is 0 Å². The molecule has 0 saturated heterocycles. The van der Waals surface area contributed by atoms with E-state index in [1.54, 1.807) is 49.4 Å². The van der Waals surface area contributed by atoms with E-state index in [-0.39, 0.29) is 23.6 Å². The van der Waals surface area contributed by atoms with Crippen LogP contribution in [-0.4, -0.2) is 33.0 Å². The zero-order valence-corrected chi connectivity index (χ0v) is 19.9. The minimum absolute atomic E-state index is 0.124. The maximum Gasteiger partial charge on any atom is 0.255 e. The van der Waals surface area contributed by atoms with E-state index >= 15 is 0 Å². The highest BCUT2D eigenvalue weighted by atomic mass is 32.2. The van der Waals surface area contributed by atoms with Gasteiger partial charge in [0, 0.05) is 22.4 Å². The summed E-state index contributed by atoms with van der Waals surface area (Å²) in [5.41, 5.74) is 1.94. The molecule has 0 aliphatic rings. The molecule has 1 N–H and O–H groups in total. The van der Waals surface area contributed by atoms with Crippen LogP contribution in [0.5, 0.6) is 5.75 Å². The second-order valence-corrected chi connectivity index (χ2v) is 9.50. The zero-order chi connectivity index (χ0) is 24.9. The van der Waals surface area contributed by atoms with Crippen molar-refractivity contribution in [3.05, 3.63) is 89.2 Å². The van der Waals surface area contributed by atoms with Crippen molar-refractivity contribution in [3.8, 4) is 5.75 Å². The molecular formula is C25H25FN2O5S. The first-order valence-electron chi connectivity index (χ1n) is 10.5. The van der Waals surface area contributed by atoms with Crippen LogP contribution in [0.4, 0.5) is 15.8 Å².